The molecule has 0 fully saturated rings. The van der Waals surface area contributed by atoms with Crippen molar-refractivity contribution in [1.29, 1.82) is 0 Å². The van der Waals surface area contributed by atoms with Crippen molar-refractivity contribution < 1.29 is 23.9 Å². The Hall–Kier alpha value is -2.44. The molecular weight excluding hydrogens is 302 g/mol. The summed E-state index contributed by atoms with van der Waals surface area (Å²) in [5, 5.41) is 0. The van der Waals surface area contributed by atoms with Crippen molar-refractivity contribution in [3.63, 3.8) is 0 Å². The van der Waals surface area contributed by atoms with E-state index in [2.05, 4.69) is 4.98 Å². The van der Waals surface area contributed by atoms with Gasteiger partial charge in [-0.25, -0.2) is 4.79 Å². The quantitative estimate of drug-likeness (QED) is 0.601. The van der Waals surface area contributed by atoms with Crippen molar-refractivity contribution in [2.75, 3.05) is 13.2 Å². The van der Waals surface area contributed by atoms with Gasteiger partial charge >= 0.3 is 11.9 Å². The van der Waals surface area contributed by atoms with Crippen molar-refractivity contribution in [2.45, 2.75) is 40.5 Å². The Morgan fingerprint density at radius 3 is 2.09 bits per heavy atom. The summed E-state index contributed by atoms with van der Waals surface area (Å²) in [5.74, 6) is -1.82. The first-order valence-electron chi connectivity index (χ1n) is 7.48. The number of H-pyrrole nitrogens is 1. The summed E-state index contributed by atoms with van der Waals surface area (Å²) in [6.45, 7) is 6.54. The smallest absolute Gasteiger partial charge is 0.340 e. The predicted octanol–water partition coefficient (Wildman–Crippen LogP) is 1.42. The van der Waals surface area contributed by atoms with E-state index in [1.807, 2.05) is 0 Å². The number of esters is 2. The van der Waals surface area contributed by atoms with Crippen LogP contribution in [0.1, 0.15) is 59.7 Å². The molecule has 7 heteroatoms. The van der Waals surface area contributed by atoms with Gasteiger partial charge in [-0.05, 0) is 32.8 Å². The van der Waals surface area contributed by atoms with Gasteiger partial charge in [0.1, 0.15) is 0 Å². The van der Waals surface area contributed by atoms with Crippen LogP contribution in [-0.2, 0) is 27.1 Å². The number of ketones is 1. The average Bonchev–Trinajstić information content (AvgIpc) is 2.46. The number of Topliss-reactive ketones (excluding diaryl/α,β-unsaturated/α-hetero) is 1. The summed E-state index contributed by atoms with van der Waals surface area (Å²) in [4.78, 5) is 50.6. The van der Waals surface area contributed by atoms with Crippen molar-refractivity contribution in [3.05, 3.63) is 32.7 Å². The molecule has 1 N–H and O–H groups in total. The van der Waals surface area contributed by atoms with Crippen LogP contribution in [0.4, 0.5) is 0 Å². The molecule has 0 aliphatic carbocycles. The van der Waals surface area contributed by atoms with Crippen LogP contribution < -0.4 is 5.56 Å². The molecule has 0 radical (unpaired) electrons. The molecule has 7 nitrogen and oxygen atoms in total. The summed E-state index contributed by atoms with van der Waals surface area (Å²) in [6.07, 6.45) is 0.00518. The minimum absolute atomic E-state index is 0.0622. The summed E-state index contributed by atoms with van der Waals surface area (Å²) in [5.41, 5.74) is -0.375. The van der Waals surface area contributed by atoms with Crippen LogP contribution in [-0.4, -0.2) is 35.9 Å². The van der Waals surface area contributed by atoms with Crippen LogP contribution in [0.25, 0.3) is 0 Å². The highest BCUT2D eigenvalue weighted by atomic mass is 16.5. The molecule has 0 saturated heterocycles. The lowest BCUT2D eigenvalue weighted by atomic mass is 9.95. The molecule has 0 atom stereocenters. The zero-order chi connectivity index (χ0) is 17.6. The molecule has 1 heterocycles. The molecule has 0 aliphatic rings. The molecule has 1 rings (SSSR count). The Kier molecular flexibility index (Phi) is 6.68. The maximum atomic E-state index is 12.3. The number of carbonyl (C=O) groups excluding carboxylic acids is 3. The third-order valence-corrected chi connectivity index (χ3v) is 3.21. The monoisotopic (exact) mass is 323 g/mol. The highest BCUT2D eigenvalue weighted by Gasteiger charge is 2.26. The standard InChI is InChI=1S/C16H21NO6/c1-5-11-14(16(21)23-7-3)10(8-12(19)22-6-2)13(9(4)18)15(20)17-11/h5-8H2,1-4H3,(H,17,20). The van der Waals surface area contributed by atoms with Gasteiger partial charge in [-0.1, -0.05) is 6.92 Å². The van der Waals surface area contributed by atoms with Crippen LogP contribution in [0.15, 0.2) is 4.79 Å². The number of carbonyl (C=O) groups is 3. The molecular formula is C16H21NO6. The van der Waals surface area contributed by atoms with Crippen molar-refractivity contribution in [2.24, 2.45) is 0 Å². The first-order valence-corrected chi connectivity index (χ1v) is 7.48. The summed E-state index contributed by atoms with van der Waals surface area (Å²) >= 11 is 0. The molecule has 0 unspecified atom stereocenters. The first kappa shape index (κ1) is 18.6. The highest BCUT2D eigenvalue weighted by Crippen LogP contribution is 2.19. The van der Waals surface area contributed by atoms with Gasteiger partial charge in [0.25, 0.3) is 5.56 Å². The van der Waals surface area contributed by atoms with E-state index >= 15 is 0 Å². The molecule has 1 aromatic rings. The number of hydrogen-bond acceptors (Lipinski definition) is 6. The second-order valence-electron chi connectivity index (χ2n) is 4.77. The van der Waals surface area contributed by atoms with E-state index in [9.17, 15) is 19.2 Å². The molecule has 1 aromatic heterocycles. The van der Waals surface area contributed by atoms with Crippen molar-refractivity contribution in [1.82, 2.24) is 4.98 Å². The van der Waals surface area contributed by atoms with Gasteiger partial charge < -0.3 is 14.5 Å². The van der Waals surface area contributed by atoms with Gasteiger partial charge in [-0.15, -0.1) is 0 Å². The van der Waals surface area contributed by atoms with Crippen molar-refractivity contribution in [3.8, 4) is 0 Å². The third-order valence-electron chi connectivity index (χ3n) is 3.21. The summed E-state index contributed by atoms with van der Waals surface area (Å²) in [6, 6.07) is 0. The van der Waals surface area contributed by atoms with E-state index in [1.54, 1.807) is 20.8 Å². The van der Waals surface area contributed by atoms with E-state index < -0.39 is 23.3 Å². The van der Waals surface area contributed by atoms with Crippen LogP contribution >= 0.6 is 0 Å². The van der Waals surface area contributed by atoms with Gasteiger partial charge in [0, 0.05) is 5.69 Å². The number of rotatable bonds is 7. The zero-order valence-electron chi connectivity index (χ0n) is 13.8. The number of nitrogens with one attached hydrogen (secondary N) is 1. The van der Waals surface area contributed by atoms with Gasteiger partial charge in [-0.3, -0.25) is 14.4 Å². The average molecular weight is 323 g/mol. The van der Waals surface area contributed by atoms with Gasteiger partial charge in [0.2, 0.25) is 0 Å². The lowest BCUT2D eigenvalue weighted by Crippen LogP contribution is -2.28. The van der Waals surface area contributed by atoms with E-state index in [4.69, 9.17) is 9.47 Å². The molecule has 0 saturated carbocycles. The second kappa shape index (κ2) is 8.26. The lowest BCUT2D eigenvalue weighted by molar-refractivity contribution is -0.142. The molecule has 126 valence electrons. The zero-order valence-corrected chi connectivity index (χ0v) is 13.8. The normalized spacial score (nSPS) is 10.3. The number of aromatic nitrogens is 1. The van der Waals surface area contributed by atoms with E-state index in [1.165, 1.54) is 6.92 Å². The Labute approximate surface area is 134 Å². The van der Waals surface area contributed by atoms with Crippen molar-refractivity contribution >= 4 is 17.7 Å². The fraction of sp³-hybridized carbons (Fsp3) is 0.500. The maximum absolute atomic E-state index is 12.3. The molecule has 0 amide bonds. The molecule has 0 bridgehead atoms. The molecule has 0 spiro atoms. The van der Waals surface area contributed by atoms with Crippen LogP contribution in [0.2, 0.25) is 0 Å². The van der Waals surface area contributed by atoms with E-state index in [0.717, 1.165) is 0 Å². The number of aryl methyl sites for hydroxylation is 1. The molecule has 0 aromatic carbocycles. The maximum Gasteiger partial charge on any atom is 0.340 e. The van der Waals surface area contributed by atoms with Gasteiger partial charge in [-0.2, -0.15) is 0 Å². The lowest BCUT2D eigenvalue weighted by Gasteiger charge is -2.15. The van der Waals surface area contributed by atoms with Gasteiger partial charge in [0.15, 0.2) is 5.78 Å². The Morgan fingerprint density at radius 2 is 1.61 bits per heavy atom. The minimum atomic E-state index is -0.678. The van der Waals surface area contributed by atoms with E-state index in [-0.39, 0.29) is 36.3 Å². The number of ether oxygens (including phenoxy) is 2. The fourth-order valence-corrected chi connectivity index (χ4v) is 2.33. The third kappa shape index (κ3) is 4.28. The summed E-state index contributed by atoms with van der Waals surface area (Å²) in [7, 11) is 0. The second-order valence-corrected chi connectivity index (χ2v) is 4.77. The SMILES string of the molecule is CCOC(=O)Cc1c(C(=O)OCC)c(CC)[nH]c(=O)c1C(C)=O. The molecule has 23 heavy (non-hydrogen) atoms. The molecule has 0 aliphatic heterocycles. The predicted molar refractivity (Wildman–Crippen MR) is 82.7 cm³/mol. The van der Waals surface area contributed by atoms with Crippen LogP contribution in [0.5, 0.6) is 0 Å². The Morgan fingerprint density at radius 1 is 1.00 bits per heavy atom. The number of pyridine rings is 1. The topological polar surface area (TPSA) is 103 Å². The Balaban J connectivity index is 3.64. The first-order chi connectivity index (χ1) is 10.9. The van der Waals surface area contributed by atoms with E-state index in [0.29, 0.717) is 12.1 Å². The fourth-order valence-electron chi connectivity index (χ4n) is 2.33. The highest BCUT2D eigenvalue weighted by molar-refractivity contribution is 6.02. The Bertz CT molecular complexity index is 674. The largest absolute Gasteiger partial charge is 0.466 e. The number of hydrogen-bond donors (Lipinski definition) is 1. The number of aromatic amines is 1. The minimum Gasteiger partial charge on any atom is -0.466 e. The van der Waals surface area contributed by atoms with Crippen LogP contribution in [0, 0.1) is 0 Å². The van der Waals surface area contributed by atoms with Crippen LogP contribution in [0.3, 0.4) is 0 Å². The van der Waals surface area contributed by atoms with Gasteiger partial charge in [0.05, 0.1) is 30.8 Å². The summed E-state index contributed by atoms with van der Waals surface area (Å²) < 4.78 is 9.88.